The van der Waals surface area contributed by atoms with Gasteiger partial charge in [0.25, 0.3) is 5.78 Å². The monoisotopic (exact) mass is 484 g/mol. The topological polar surface area (TPSA) is 169 Å². The first-order valence-electron chi connectivity index (χ1n) is 10.4. The largest absolute Gasteiger partial charge is 0.439 e. The summed E-state index contributed by atoms with van der Waals surface area (Å²) in [5, 5.41) is 12.6. The number of nitrogen functional groups attached to an aromatic ring is 2. The summed E-state index contributed by atoms with van der Waals surface area (Å²) in [5.41, 5.74) is 14.8. The number of rotatable bonds is 4. The Morgan fingerprint density at radius 2 is 1.89 bits per heavy atom. The molecule has 5 N–H and O–H groups in total. The van der Waals surface area contributed by atoms with Crippen molar-refractivity contribution < 1.29 is 14.0 Å². The highest BCUT2D eigenvalue weighted by molar-refractivity contribution is 7.21. The van der Waals surface area contributed by atoms with Crippen molar-refractivity contribution in [3.8, 4) is 23.0 Å². The van der Waals surface area contributed by atoms with Crippen LogP contribution in [0.1, 0.15) is 32.2 Å². The van der Waals surface area contributed by atoms with Crippen molar-refractivity contribution in [2.45, 2.75) is 13.8 Å². The Kier molecular flexibility index (Phi) is 5.15. The smallest absolute Gasteiger partial charge is 0.397 e. The standard InChI is InChI=1S/C24H17N7O3S/c1-11-6-8-13(9-7-11)31-19(24(33)34-30-31)20(32)21-18(26)17-16(15-5-3-4-12(2)28-15)14(10-25)22(27)29-23(17)35-21/h3-9H,1-2H3,(H4-,26,27,29,30,32,33)/p+1. The van der Waals surface area contributed by atoms with Gasteiger partial charge >= 0.3 is 11.3 Å². The molecule has 0 saturated heterocycles. The molecule has 0 spiro atoms. The second-order valence-electron chi connectivity index (χ2n) is 7.88. The van der Waals surface area contributed by atoms with E-state index in [1.54, 1.807) is 24.3 Å². The van der Waals surface area contributed by atoms with E-state index in [1.807, 2.05) is 32.0 Å². The van der Waals surface area contributed by atoms with Crippen molar-refractivity contribution in [2.75, 3.05) is 11.5 Å². The number of anilines is 2. The first-order chi connectivity index (χ1) is 16.8. The number of hydrogen-bond donors (Lipinski definition) is 3. The van der Waals surface area contributed by atoms with Crippen LogP contribution in [0.3, 0.4) is 0 Å². The Balaban J connectivity index is 1.76. The van der Waals surface area contributed by atoms with Crippen molar-refractivity contribution in [2.24, 2.45) is 0 Å². The molecule has 0 atom stereocenters. The van der Waals surface area contributed by atoms with Gasteiger partial charge in [-0.3, -0.25) is 14.3 Å². The number of pyridine rings is 2. The van der Waals surface area contributed by atoms with Crippen molar-refractivity contribution >= 4 is 38.8 Å². The molecule has 10 nitrogen and oxygen atoms in total. The number of aromatic amines is 1. The van der Waals surface area contributed by atoms with Gasteiger partial charge in [-0.25, -0.2) is 9.78 Å². The van der Waals surface area contributed by atoms with Gasteiger partial charge in [0.05, 0.1) is 11.4 Å². The molecule has 0 unspecified atom stereocenters. The van der Waals surface area contributed by atoms with Gasteiger partial charge in [0.1, 0.15) is 27.2 Å². The number of nitrogens with zero attached hydrogens (tertiary/aromatic N) is 4. The normalized spacial score (nSPS) is 11.0. The number of carbonyl (C=O) groups excluding carboxylic acids is 1. The number of ketones is 1. The van der Waals surface area contributed by atoms with Crippen LogP contribution in [0.2, 0.25) is 0 Å². The Morgan fingerprint density at radius 1 is 1.14 bits per heavy atom. The van der Waals surface area contributed by atoms with Crippen LogP contribution in [-0.2, 0) is 0 Å². The van der Waals surface area contributed by atoms with E-state index in [0.717, 1.165) is 22.6 Å². The summed E-state index contributed by atoms with van der Waals surface area (Å²) in [5.74, 6) is -0.657. The molecule has 0 aliphatic carbocycles. The summed E-state index contributed by atoms with van der Waals surface area (Å²) in [7, 11) is 0. The molecule has 0 aliphatic heterocycles. The molecule has 0 aliphatic rings. The van der Waals surface area contributed by atoms with Crippen molar-refractivity contribution in [3.63, 3.8) is 0 Å². The van der Waals surface area contributed by atoms with E-state index >= 15 is 0 Å². The Bertz CT molecular complexity index is 1740. The van der Waals surface area contributed by atoms with Crippen molar-refractivity contribution in [1.82, 2.24) is 15.2 Å². The fraction of sp³-hybridized carbons (Fsp3) is 0.0833. The molecule has 0 bridgehead atoms. The fourth-order valence-corrected chi connectivity index (χ4v) is 4.89. The molecule has 172 valence electrons. The molecule has 0 saturated carbocycles. The van der Waals surface area contributed by atoms with E-state index in [0.29, 0.717) is 27.2 Å². The van der Waals surface area contributed by atoms with Crippen LogP contribution in [0.15, 0.2) is 51.8 Å². The lowest BCUT2D eigenvalue weighted by Gasteiger charge is -2.09. The minimum Gasteiger partial charge on any atom is -0.397 e. The first-order valence-corrected chi connectivity index (χ1v) is 11.2. The lowest BCUT2D eigenvalue weighted by molar-refractivity contribution is -0.672. The fourth-order valence-electron chi connectivity index (χ4n) is 3.84. The summed E-state index contributed by atoms with van der Waals surface area (Å²) in [6.07, 6.45) is 0. The number of carbonyl (C=O) groups is 1. The highest BCUT2D eigenvalue weighted by Crippen LogP contribution is 2.42. The third-order valence-corrected chi connectivity index (χ3v) is 6.62. The Hall–Kier alpha value is -4.82. The lowest BCUT2D eigenvalue weighted by Crippen LogP contribution is -2.41. The van der Waals surface area contributed by atoms with Gasteiger partial charge in [-0.2, -0.15) is 5.26 Å². The third-order valence-electron chi connectivity index (χ3n) is 5.52. The van der Waals surface area contributed by atoms with Gasteiger partial charge in [-0.15, -0.1) is 11.3 Å². The molecule has 0 fully saturated rings. The van der Waals surface area contributed by atoms with Crippen molar-refractivity contribution in [1.29, 1.82) is 5.26 Å². The second kappa shape index (κ2) is 8.19. The number of benzene rings is 1. The summed E-state index contributed by atoms with van der Waals surface area (Å²) in [4.78, 5) is 35.4. The zero-order valence-corrected chi connectivity index (χ0v) is 19.4. The minimum atomic E-state index is -0.849. The van der Waals surface area contributed by atoms with E-state index in [-0.39, 0.29) is 27.6 Å². The summed E-state index contributed by atoms with van der Waals surface area (Å²) < 4.78 is 6.20. The quantitative estimate of drug-likeness (QED) is 0.258. The molecule has 0 amide bonds. The average molecular weight is 485 g/mol. The van der Waals surface area contributed by atoms with Crippen LogP contribution in [0.5, 0.6) is 0 Å². The first kappa shape index (κ1) is 22.0. The zero-order chi connectivity index (χ0) is 24.9. The third kappa shape index (κ3) is 3.53. The SMILES string of the molecule is Cc1ccc(-[n+]2[nH]oc(=O)c2C(=O)c2sc3nc(N)c(C#N)c(-c4cccc(C)n4)c3c2N)cc1. The molecule has 4 heterocycles. The highest BCUT2D eigenvalue weighted by Gasteiger charge is 2.35. The summed E-state index contributed by atoms with van der Waals surface area (Å²) >= 11 is 0.981. The van der Waals surface area contributed by atoms with E-state index in [1.165, 1.54) is 4.68 Å². The van der Waals surface area contributed by atoms with Crippen LogP contribution >= 0.6 is 11.3 Å². The number of hydrogen-bond acceptors (Lipinski definition) is 9. The average Bonchev–Trinajstić information content (AvgIpc) is 3.38. The lowest BCUT2D eigenvalue weighted by atomic mass is 10.0. The Morgan fingerprint density at radius 3 is 2.57 bits per heavy atom. The van der Waals surface area contributed by atoms with Gasteiger partial charge < -0.3 is 11.5 Å². The number of aryl methyl sites for hydroxylation is 2. The Labute approximate surface area is 202 Å². The maximum absolute atomic E-state index is 13.6. The number of nitrogens with one attached hydrogen (secondary N) is 1. The van der Waals surface area contributed by atoms with Gasteiger partial charge in [0, 0.05) is 28.8 Å². The number of nitrogens with two attached hydrogens (primary N) is 2. The molecule has 35 heavy (non-hydrogen) atoms. The maximum Gasteiger partial charge on any atom is 0.439 e. The number of aromatic nitrogens is 4. The molecular formula is C24H18N7O3S+. The molecule has 11 heteroatoms. The summed E-state index contributed by atoms with van der Waals surface area (Å²) in [6.45, 7) is 3.74. The number of H-pyrrole nitrogens is 1. The van der Waals surface area contributed by atoms with Gasteiger partial charge in [-0.1, -0.05) is 23.8 Å². The van der Waals surface area contributed by atoms with Crippen LogP contribution < -0.4 is 21.8 Å². The minimum absolute atomic E-state index is 0.00515. The van der Waals surface area contributed by atoms with E-state index in [2.05, 4.69) is 21.3 Å². The van der Waals surface area contributed by atoms with Gasteiger partial charge in [-0.05, 0) is 35.9 Å². The molecule has 5 aromatic rings. The highest BCUT2D eigenvalue weighted by atomic mass is 32.1. The molecular weight excluding hydrogens is 466 g/mol. The van der Waals surface area contributed by atoms with E-state index < -0.39 is 11.4 Å². The van der Waals surface area contributed by atoms with E-state index in [9.17, 15) is 14.9 Å². The molecule has 4 aromatic heterocycles. The predicted molar refractivity (Wildman–Crippen MR) is 130 cm³/mol. The van der Waals surface area contributed by atoms with Gasteiger partial charge in [0.15, 0.2) is 0 Å². The molecule has 1 aromatic carbocycles. The number of fused-ring (bicyclic) bond motifs is 1. The van der Waals surface area contributed by atoms with Gasteiger partial charge in [0.2, 0.25) is 5.69 Å². The number of nitriles is 1. The predicted octanol–water partition coefficient (Wildman–Crippen LogP) is 2.80. The van der Waals surface area contributed by atoms with Crippen LogP contribution in [0.25, 0.3) is 27.2 Å². The molecule has 0 radical (unpaired) electrons. The summed E-state index contributed by atoms with van der Waals surface area (Å²) in [6, 6.07) is 14.6. The van der Waals surface area contributed by atoms with Crippen LogP contribution in [0.4, 0.5) is 11.5 Å². The van der Waals surface area contributed by atoms with Crippen LogP contribution in [0, 0.1) is 25.2 Å². The zero-order valence-electron chi connectivity index (χ0n) is 18.6. The second-order valence-corrected chi connectivity index (χ2v) is 8.88. The van der Waals surface area contributed by atoms with E-state index in [4.69, 9.17) is 16.0 Å². The number of thiophene rings is 1. The maximum atomic E-state index is 13.6. The van der Waals surface area contributed by atoms with Crippen molar-refractivity contribution in [3.05, 3.63) is 80.3 Å². The molecule has 5 rings (SSSR count). The van der Waals surface area contributed by atoms with Crippen LogP contribution in [-0.4, -0.2) is 21.0 Å².